The van der Waals surface area contributed by atoms with Crippen LogP contribution in [0, 0.1) is 6.92 Å². The molecule has 0 saturated heterocycles. The molecule has 1 heterocycles. The second-order valence-electron chi connectivity index (χ2n) is 3.78. The molecule has 17 heavy (non-hydrogen) atoms. The number of carbonyl (C=O) groups is 1. The summed E-state index contributed by atoms with van der Waals surface area (Å²) in [5, 5.41) is 17.6. The fraction of sp³-hybridized carbons (Fsp3) is 0.333. The molecule has 2 aromatic rings. The van der Waals surface area contributed by atoms with E-state index in [9.17, 15) is 9.90 Å². The Kier molecular flexibility index (Phi) is 3.10. The lowest BCUT2D eigenvalue weighted by molar-refractivity contribution is -0.153. The van der Waals surface area contributed by atoms with Crippen LogP contribution >= 0.6 is 0 Å². The number of hydrogen-bond donors (Lipinski definition) is 2. The van der Waals surface area contributed by atoms with Crippen LogP contribution in [0.5, 0.6) is 0 Å². The SMILES string of the molecule is CCOC(=O)C(O)c1ccc2n[nH]c(C)c2c1. The molecule has 1 atom stereocenters. The molecule has 5 nitrogen and oxygen atoms in total. The Morgan fingerprint density at radius 2 is 2.35 bits per heavy atom. The van der Waals surface area contributed by atoms with E-state index in [0.717, 1.165) is 16.6 Å². The molecule has 0 aliphatic rings. The van der Waals surface area contributed by atoms with E-state index in [2.05, 4.69) is 10.2 Å². The van der Waals surface area contributed by atoms with E-state index in [0.29, 0.717) is 5.56 Å². The van der Waals surface area contributed by atoms with Crippen LogP contribution in [0.2, 0.25) is 0 Å². The number of aliphatic hydroxyl groups is 1. The smallest absolute Gasteiger partial charge is 0.339 e. The molecule has 1 aromatic heterocycles. The van der Waals surface area contributed by atoms with Gasteiger partial charge in [-0.15, -0.1) is 0 Å². The van der Waals surface area contributed by atoms with Crippen LogP contribution in [0.3, 0.4) is 0 Å². The average Bonchev–Trinajstić information content (AvgIpc) is 2.70. The highest BCUT2D eigenvalue weighted by Crippen LogP contribution is 2.22. The fourth-order valence-corrected chi connectivity index (χ4v) is 1.68. The third-order valence-corrected chi connectivity index (χ3v) is 2.59. The molecule has 0 radical (unpaired) electrons. The number of hydrogen-bond acceptors (Lipinski definition) is 4. The lowest BCUT2D eigenvalue weighted by Crippen LogP contribution is -2.15. The van der Waals surface area contributed by atoms with Crippen molar-refractivity contribution in [3.05, 3.63) is 29.5 Å². The lowest BCUT2D eigenvalue weighted by Gasteiger charge is -2.09. The minimum Gasteiger partial charge on any atom is -0.464 e. The maximum Gasteiger partial charge on any atom is 0.339 e. The summed E-state index contributed by atoms with van der Waals surface area (Å²) in [6, 6.07) is 5.18. The zero-order valence-electron chi connectivity index (χ0n) is 9.73. The Bertz CT molecular complexity index is 548. The van der Waals surface area contributed by atoms with Gasteiger partial charge in [0.2, 0.25) is 0 Å². The summed E-state index contributed by atoms with van der Waals surface area (Å²) in [6.07, 6.45) is -1.24. The summed E-state index contributed by atoms with van der Waals surface area (Å²) in [7, 11) is 0. The van der Waals surface area contributed by atoms with Gasteiger partial charge in [0, 0.05) is 11.1 Å². The van der Waals surface area contributed by atoms with E-state index in [4.69, 9.17) is 4.74 Å². The Morgan fingerprint density at radius 3 is 3.06 bits per heavy atom. The molecule has 2 N–H and O–H groups in total. The number of fused-ring (bicyclic) bond motifs is 1. The Labute approximate surface area is 98.4 Å². The number of aryl methyl sites for hydroxylation is 1. The van der Waals surface area contributed by atoms with Crippen molar-refractivity contribution in [3.63, 3.8) is 0 Å². The predicted molar refractivity (Wildman–Crippen MR) is 62.4 cm³/mol. The van der Waals surface area contributed by atoms with Crippen molar-refractivity contribution in [1.82, 2.24) is 10.2 Å². The average molecular weight is 234 g/mol. The van der Waals surface area contributed by atoms with Gasteiger partial charge in [-0.05, 0) is 31.5 Å². The molecular formula is C12H14N2O3. The van der Waals surface area contributed by atoms with Gasteiger partial charge in [0.1, 0.15) is 0 Å². The highest BCUT2D eigenvalue weighted by Gasteiger charge is 2.19. The summed E-state index contributed by atoms with van der Waals surface area (Å²) >= 11 is 0. The fourth-order valence-electron chi connectivity index (χ4n) is 1.68. The topological polar surface area (TPSA) is 75.2 Å². The molecule has 90 valence electrons. The molecule has 5 heteroatoms. The Morgan fingerprint density at radius 1 is 1.59 bits per heavy atom. The third-order valence-electron chi connectivity index (χ3n) is 2.59. The summed E-state index contributed by atoms with van der Waals surface area (Å²) < 4.78 is 4.77. The first kappa shape index (κ1) is 11.6. The number of esters is 1. The van der Waals surface area contributed by atoms with Gasteiger partial charge in [-0.1, -0.05) is 6.07 Å². The van der Waals surface area contributed by atoms with Crippen molar-refractivity contribution in [3.8, 4) is 0 Å². The van der Waals surface area contributed by atoms with Gasteiger partial charge in [-0.3, -0.25) is 5.10 Å². The zero-order chi connectivity index (χ0) is 12.4. The molecule has 1 aromatic carbocycles. The van der Waals surface area contributed by atoms with Gasteiger partial charge in [0.25, 0.3) is 0 Å². The van der Waals surface area contributed by atoms with E-state index in [1.165, 1.54) is 0 Å². The number of rotatable bonds is 3. The van der Waals surface area contributed by atoms with Crippen molar-refractivity contribution in [2.75, 3.05) is 6.61 Å². The van der Waals surface area contributed by atoms with Crippen molar-refractivity contribution in [2.24, 2.45) is 0 Å². The first-order chi connectivity index (χ1) is 8.13. The third kappa shape index (κ3) is 2.14. The van der Waals surface area contributed by atoms with Crippen molar-refractivity contribution < 1.29 is 14.6 Å². The first-order valence-electron chi connectivity index (χ1n) is 5.42. The van der Waals surface area contributed by atoms with Crippen LogP contribution in [0.1, 0.15) is 24.3 Å². The van der Waals surface area contributed by atoms with E-state index in [-0.39, 0.29) is 6.61 Å². The lowest BCUT2D eigenvalue weighted by atomic mass is 10.1. The number of aromatic amines is 1. The second-order valence-corrected chi connectivity index (χ2v) is 3.78. The van der Waals surface area contributed by atoms with Crippen molar-refractivity contribution >= 4 is 16.9 Å². The molecule has 0 bridgehead atoms. The largest absolute Gasteiger partial charge is 0.464 e. The van der Waals surface area contributed by atoms with Crippen LogP contribution in [0.25, 0.3) is 10.9 Å². The Balaban J connectivity index is 2.35. The summed E-state index contributed by atoms with van der Waals surface area (Å²) in [5.41, 5.74) is 2.22. The maximum absolute atomic E-state index is 11.4. The summed E-state index contributed by atoms with van der Waals surface area (Å²) in [5.74, 6) is -0.631. The minimum absolute atomic E-state index is 0.253. The van der Waals surface area contributed by atoms with Gasteiger partial charge < -0.3 is 9.84 Å². The molecule has 0 saturated carbocycles. The highest BCUT2D eigenvalue weighted by molar-refractivity contribution is 5.84. The quantitative estimate of drug-likeness (QED) is 0.788. The number of H-pyrrole nitrogens is 1. The molecule has 0 spiro atoms. The molecular weight excluding hydrogens is 220 g/mol. The minimum atomic E-state index is -1.24. The van der Waals surface area contributed by atoms with Crippen molar-refractivity contribution in [2.45, 2.75) is 20.0 Å². The number of carbonyl (C=O) groups excluding carboxylic acids is 1. The molecule has 0 amide bonds. The van der Waals surface area contributed by atoms with E-state index in [1.807, 2.05) is 6.92 Å². The number of ether oxygens (including phenoxy) is 1. The van der Waals surface area contributed by atoms with Gasteiger partial charge in [0.15, 0.2) is 6.10 Å². The van der Waals surface area contributed by atoms with Gasteiger partial charge in [0.05, 0.1) is 12.1 Å². The van der Waals surface area contributed by atoms with Crippen LogP contribution in [0.4, 0.5) is 0 Å². The molecule has 2 rings (SSSR count). The number of nitrogens with one attached hydrogen (secondary N) is 1. The maximum atomic E-state index is 11.4. The number of nitrogens with zero attached hydrogens (tertiary/aromatic N) is 1. The van der Waals surface area contributed by atoms with Gasteiger partial charge in [-0.2, -0.15) is 5.10 Å². The molecule has 0 aliphatic heterocycles. The number of aliphatic hydroxyl groups excluding tert-OH is 1. The van der Waals surface area contributed by atoms with E-state index < -0.39 is 12.1 Å². The van der Waals surface area contributed by atoms with Gasteiger partial charge in [-0.25, -0.2) is 4.79 Å². The predicted octanol–water partition coefficient (Wildman–Crippen LogP) is 1.47. The van der Waals surface area contributed by atoms with Crippen LogP contribution < -0.4 is 0 Å². The Hall–Kier alpha value is -1.88. The summed E-state index contributed by atoms with van der Waals surface area (Å²) in [4.78, 5) is 11.4. The van der Waals surface area contributed by atoms with Crippen LogP contribution in [0.15, 0.2) is 18.2 Å². The van der Waals surface area contributed by atoms with Gasteiger partial charge >= 0.3 is 5.97 Å². The standard InChI is InChI=1S/C12H14N2O3/c1-3-17-12(16)11(15)8-4-5-10-9(6-8)7(2)13-14-10/h4-6,11,15H,3H2,1-2H3,(H,13,14). The highest BCUT2D eigenvalue weighted by atomic mass is 16.5. The number of aromatic nitrogens is 2. The normalized spacial score (nSPS) is 12.6. The molecule has 0 aliphatic carbocycles. The van der Waals surface area contributed by atoms with E-state index in [1.54, 1.807) is 25.1 Å². The first-order valence-corrected chi connectivity index (χ1v) is 5.42. The second kappa shape index (κ2) is 4.55. The zero-order valence-corrected chi connectivity index (χ0v) is 9.73. The molecule has 1 unspecified atom stereocenters. The van der Waals surface area contributed by atoms with Crippen molar-refractivity contribution in [1.29, 1.82) is 0 Å². The van der Waals surface area contributed by atoms with Crippen LogP contribution in [-0.4, -0.2) is 27.9 Å². The van der Waals surface area contributed by atoms with E-state index >= 15 is 0 Å². The molecule has 0 fully saturated rings. The number of benzene rings is 1. The van der Waals surface area contributed by atoms with Crippen LogP contribution in [-0.2, 0) is 9.53 Å². The summed E-state index contributed by atoms with van der Waals surface area (Å²) in [6.45, 7) is 3.84. The monoisotopic (exact) mass is 234 g/mol.